The first kappa shape index (κ1) is 15.1. The highest BCUT2D eigenvalue weighted by atomic mass is 79.9. The van der Waals surface area contributed by atoms with Crippen molar-refractivity contribution in [3.05, 3.63) is 69.2 Å². The Bertz CT molecular complexity index is 601. The predicted octanol–water partition coefficient (Wildman–Crippen LogP) is 4.64. The minimum atomic E-state index is -0.154. The van der Waals surface area contributed by atoms with Crippen LogP contribution in [0.2, 0.25) is 5.02 Å². The monoisotopic (exact) mass is 351 g/mol. The summed E-state index contributed by atoms with van der Waals surface area (Å²) in [4.78, 5) is 12.1. The van der Waals surface area contributed by atoms with Gasteiger partial charge in [-0.2, -0.15) is 0 Å². The Kier molecular flexibility index (Phi) is 5.21. The van der Waals surface area contributed by atoms with Crippen LogP contribution in [0.3, 0.4) is 0 Å². The van der Waals surface area contributed by atoms with Gasteiger partial charge in [0.25, 0.3) is 5.91 Å². The third-order valence-corrected chi connectivity index (χ3v) is 3.93. The molecule has 1 unspecified atom stereocenters. The fourth-order valence-electron chi connectivity index (χ4n) is 1.91. The minimum Gasteiger partial charge on any atom is -0.351 e. The molecule has 1 atom stereocenters. The Balaban J connectivity index is 2.00. The molecule has 1 amide bonds. The molecule has 2 nitrogen and oxygen atoms in total. The number of benzene rings is 2. The summed E-state index contributed by atoms with van der Waals surface area (Å²) in [6, 6.07) is 15.3. The van der Waals surface area contributed by atoms with Crippen molar-refractivity contribution in [1.82, 2.24) is 5.32 Å². The van der Waals surface area contributed by atoms with E-state index in [0.29, 0.717) is 17.1 Å². The molecule has 2 aromatic carbocycles. The van der Waals surface area contributed by atoms with Gasteiger partial charge in [0.05, 0.1) is 10.6 Å². The summed E-state index contributed by atoms with van der Waals surface area (Å²) in [5, 5.41) is 3.38. The van der Waals surface area contributed by atoms with Crippen molar-refractivity contribution in [2.45, 2.75) is 12.8 Å². The van der Waals surface area contributed by atoms with E-state index in [2.05, 4.69) is 40.3 Å². The third-order valence-electron chi connectivity index (χ3n) is 3.11. The quantitative estimate of drug-likeness (QED) is 0.853. The summed E-state index contributed by atoms with van der Waals surface area (Å²) >= 11 is 9.38. The van der Waals surface area contributed by atoms with Crippen LogP contribution in [0.4, 0.5) is 0 Å². The molecule has 4 heteroatoms. The number of carbonyl (C=O) groups excluding carboxylic acids is 1. The SMILES string of the molecule is CC(CNC(=O)c1cc(Br)ccc1Cl)c1ccccc1. The van der Waals surface area contributed by atoms with Gasteiger partial charge >= 0.3 is 0 Å². The summed E-state index contributed by atoms with van der Waals surface area (Å²) in [5.41, 5.74) is 1.69. The number of hydrogen-bond acceptors (Lipinski definition) is 1. The summed E-state index contributed by atoms with van der Waals surface area (Å²) in [7, 11) is 0. The predicted molar refractivity (Wildman–Crippen MR) is 86.3 cm³/mol. The molecule has 0 bridgehead atoms. The molecule has 0 heterocycles. The number of nitrogens with one attached hydrogen (secondary N) is 1. The van der Waals surface area contributed by atoms with Gasteiger partial charge in [-0.05, 0) is 29.7 Å². The van der Waals surface area contributed by atoms with Gasteiger partial charge in [0.2, 0.25) is 0 Å². The second-order valence-electron chi connectivity index (χ2n) is 4.65. The molecule has 0 saturated heterocycles. The van der Waals surface area contributed by atoms with E-state index in [0.717, 1.165) is 4.47 Å². The zero-order valence-corrected chi connectivity index (χ0v) is 13.4. The van der Waals surface area contributed by atoms with Crippen LogP contribution >= 0.6 is 27.5 Å². The topological polar surface area (TPSA) is 29.1 Å². The van der Waals surface area contributed by atoms with Crippen molar-refractivity contribution in [3.8, 4) is 0 Å². The van der Waals surface area contributed by atoms with E-state index < -0.39 is 0 Å². The van der Waals surface area contributed by atoms with E-state index in [1.54, 1.807) is 12.1 Å². The number of halogens is 2. The van der Waals surface area contributed by atoms with Gasteiger partial charge in [-0.1, -0.05) is 64.8 Å². The van der Waals surface area contributed by atoms with Crippen LogP contribution in [-0.4, -0.2) is 12.5 Å². The number of rotatable bonds is 4. The maximum Gasteiger partial charge on any atom is 0.252 e. The van der Waals surface area contributed by atoms with Crippen molar-refractivity contribution in [2.75, 3.05) is 6.54 Å². The normalized spacial score (nSPS) is 11.9. The van der Waals surface area contributed by atoms with Crippen LogP contribution in [0.1, 0.15) is 28.8 Å². The second-order valence-corrected chi connectivity index (χ2v) is 5.97. The van der Waals surface area contributed by atoms with E-state index in [1.807, 2.05) is 24.3 Å². The lowest BCUT2D eigenvalue weighted by molar-refractivity contribution is 0.0951. The van der Waals surface area contributed by atoms with E-state index in [1.165, 1.54) is 5.56 Å². The summed E-state index contributed by atoms with van der Waals surface area (Å²) in [5.74, 6) is 0.102. The Hall–Kier alpha value is -1.32. The van der Waals surface area contributed by atoms with Gasteiger partial charge in [0, 0.05) is 11.0 Å². The number of carbonyl (C=O) groups is 1. The first-order chi connectivity index (χ1) is 9.58. The second kappa shape index (κ2) is 6.91. The van der Waals surface area contributed by atoms with Gasteiger partial charge in [-0.3, -0.25) is 4.79 Å². The molecule has 0 aliphatic carbocycles. The molecule has 0 aromatic heterocycles. The van der Waals surface area contributed by atoms with Crippen LogP contribution in [0.5, 0.6) is 0 Å². The maximum atomic E-state index is 12.1. The molecule has 0 radical (unpaired) electrons. The van der Waals surface area contributed by atoms with Gasteiger partial charge in [0.1, 0.15) is 0 Å². The number of amides is 1. The Morgan fingerprint density at radius 1 is 1.25 bits per heavy atom. The molecule has 0 aliphatic rings. The zero-order chi connectivity index (χ0) is 14.5. The standard InChI is InChI=1S/C16H15BrClNO/c1-11(12-5-3-2-4-6-12)10-19-16(20)14-9-13(17)7-8-15(14)18/h2-9,11H,10H2,1H3,(H,19,20). The molecule has 20 heavy (non-hydrogen) atoms. The van der Waals surface area contributed by atoms with E-state index in [9.17, 15) is 4.79 Å². The molecule has 0 spiro atoms. The fourth-order valence-corrected chi connectivity index (χ4v) is 2.48. The van der Waals surface area contributed by atoms with Crippen molar-refractivity contribution >= 4 is 33.4 Å². The maximum absolute atomic E-state index is 12.1. The van der Waals surface area contributed by atoms with Gasteiger partial charge in [0.15, 0.2) is 0 Å². The lowest BCUT2D eigenvalue weighted by Gasteiger charge is -2.13. The molecule has 0 fully saturated rings. The van der Waals surface area contributed by atoms with Crippen molar-refractivity contribution in [1.29, 1.82) is 0 Å². The van der Waals surface area contributed by atoms with Crippen LogP contribution < -0.4 is 5.32 Å². The van der Waals surface area contributed by atoms with E-state index in [-0.39, 0.29) is 11.8 Å². The van der Waals surface area contributed by atoms with Crippen molar-refractivity contribution in [3.63, 3.8) is 0 Å². The van der Waals surface area contributed by atoms with Crippen LogP contribution in [-0.2, 0) is 0 Å². The molecular weight excluding hydrogens is 338 g/mol. The largest absolute Gasteiger partial charge is 0.351 e. The van der Waals surface area contributed by atoms with E-state index in [4.69, 9.17) is 11.6 Å². The van der Waals surface area contributed by atoms with Gasteiger partial charge in [-0.25, -0.2) is 0 Å². The lowest BCUT2D eigenvalue weighted by atomic mass is 10.0. The average Bonchev–Trinajstić information content (AvgIpc) is 2.47. The van der Waals surface area contributed by atoms with Crippen LogP contribution in [0.25, 0.3) is 0 Å². The highest BCUT2D eigenvalue weighted by Crippen LogP contribution is 2.21. The molecule has 2 rings (SSSR count). The van der Waals surface area contributed by atoms with E-state index >= 15 is 0 Å². The van der Waals surface area contributed by atoms with Crippen molar-refractivity contribution < 1.29 is 4.79 Å². The Morgan fingerprint density at radius 2 is 1.95 bits per heavy atom. The average molecular weight is 353 g/mol. The Morgan fingerprint density at radius 3 is 2.65 bits per heavy atom. The molecule has 104 valence electrons. The summed E-state index contributed by atoms with van der Waals surface area (Å²) < 4.78 is 0.836. The van der Waals surface area contributed by atoms with Crippen LogP contribution in [0, 0.1) is 0 Å². The minimum absolute atomic E-state index is 0.154. The Labute approximate surface area is 132 Å². The summed E-state index contributed by atoms with van der Waals surface area (Å²) in [6.07, 6.45) is 0. The highest BCUT2D eigenvalue weighted by molar-refractivity contribution is 9.10. The van der Waals surface area contributed by atoms with Gasteiger partial charge < -0.3 is 5.32 Å². The fraction of sp³-hybridized carbons (Fsp3) is 0.188. The lowest BCUT2D eigenvalue weighted by Crippen LogP contribution is -2.27. The molecule has 0 aliphatic heterocycles. The molecular formula is C16H15BrClNO. The molecule has 0 saturated carbocycles. The van der Waals surface area contributed by atoms with Crippen molar-refractivity contribution in [2.24, 2.45) is 0 Å². The molecule has 2 aromatic rings. The smallest absolute Gasteiger partial charge is 0.252 e. The van der Waals surface area contributed by atoms with Crippen LogP contribution in [0.15, 0.2) is 53.0 Å². The first-order valence-electron chi connectivity index (χ1n) is 6.36. The van der Waals surface area contributed by atoms with Gasteiger partial charge in [-0.15, -0.1) is 0 Å². The third kappa shape index (κ3) is 3.84. The zero-order valence-electron chi connectivity index (χ0n) is 11.1. The molecule has 1 N–H and O–H groups in total. The summed E-state index contributed by atoms with van der Waals surface area (Å²) in [6.45, 7) is 2.66. The first-order valence-corrected chi connectivity index (χ1v) is 7.53. The number of hydrogen-bond donors (Lipinski definition) is 1. The highest BCUT2D eigenvalue weighted by Gasteiger charge is 2.12.